The zero-order valence-corrected chi connectivity index (χ0v) is 12.9. The number of thioether (sulfide) groups is 1. The monoisotopic (exact) mass is 311 g/mol. The van der Waals surface area contributed by atoms with Crippen LogP contribution in [0.25, 0.3) is 21.3 Å². The van der Waals surface area contributed by atoms with E-state index in [0.29, 0.717) is 0 Å². The van der Waals surface area contributed by atoms with E-state index >= 15 is 0 Å². The van der Waals surface area contributed by atoms with Gasteiger partial charge in [0.25, 0.3) is 0 Å². The number of imidazole rings is 1. The van der Waals surface area contributed by atoms with Crippen LogP contribution in [0.5, 0.6) is 0 Å². The molecule has 2 aromatic heterocycles. The van der Waals surface area contributed by atoms with Crippen LogP contribution >= 0.6 is 23.1 Å². The molecule has 0 saturated heterocycles. The highest BCUT2D eigenvalue weighted by molar-refractivity contribution is 7.97. The summed E-state index contributed by atoms with van der Waals surface area (Å²) in [6.45, 7) is 0. The van der Waals surface area contributed by atoms with Crippen LogP contribution in [0, 0.1) is 0 Å². The number of H-pyrrole nitrogens is 1. The zero-order valence-electron chi connectivity index (χ0n) is 11.2. The molecule has 0 spiro atoms. The van der Waals surface area contributed by atoms with Gasteiger partial charge in [0.2, 0.25) is 0 Å². The van der Waals surface area contributed by atoms with E-state index in [1.807, 2.05) is 36.0 Å². The maximum atomic E-state index is 4.65. The molecule has 0 aliphatic carbocycles. The first-order chi connectivity index (χ1) is 10.4. The van der Waals surface area contributed by atoms with Crippen LogP contribution in [0.15, 0.2) is 48.5 Å². The minimum absolute atomic E-state index is 0.880. The van der Waals surface area contributed by atoms with Gasteiger partial charge in [0.1, 0.15) is 10.8 Å². The summed E-state index contributed by atoms with van der Waals surface area (Å²) in [5.41, 5.74) is 3.24. The maximum absolute atomic E-state index is 4.65. The molecule has 4 aromatic rings. The fourth-order valence-corrected chi connectivity index (χ4v) is 4.21. The largest absolute Gasteiger partial charge is 0.341 e. The molecule has 0 aliphatic rings. The molecule has 0 fully saturated rings. The van der Waals surface area contributed by atoms with E-state index < -0.39 is 0 Å². The number of hydrogen-bond donors (Lipinski definition) is 1. The van der Waals surface area contributed by atoms with Gasteiger partial charge in [-0.15, -0.1) is 23.1 Å². The lowest BCUT2D eigenvalue weighted by Crippen LogP contribution is -1.85. The van der Waals surface area contributed by atoms with Crippen molar-refractivity contribution in [2.45, 2.75) is 11.5 Å². The standard InChI is InChI=1S/C16H13N3S2/c1-2-6-12-11(5-1)17-15(18-12)9-20-10-16-19-13-7-3-4-8-14(13)21-16/h1-8H,9-10H2,(H,17,18). The second-order valence-electron chi connectivity index (χ2n) is 4.77. The number of thiazole rings is 1. The first-order valence-corrected chi connectivity index (χ1v) is 8.71. The van der Waals surface area contributed by atoms with Gasteiger partial charge >= 0.3 is 0 Å². The van der Waals surface area contributed by atoms with Crippen LogP contribution in [0.1, 0.15) is 10.8 Å². The fraction of sp³-hybridized carbons (Fsp3) is 0.125. The molecule has 21 heavy (non-hydrogen) atoms. The Labute approximate surface area is 130 Å². The number of para-hydroxylation sites is 3. The molecule has 2 aromatic carbocycles. The van der Waals surface area contributed by atoms with Gasteiger partial charge in [-0.2, -0.15) is 0 Å². The Bertz CT molecular complexity index is 754. The van der Waals surface area contributed by atoms with Crippen molar-refractivity contribution in [2.24, 2.45) is 0 Å². The van der Waals surface area contributed by atoms with Gasteiger partial charge in [-0.3, -0.25) is 0 Å². The molecule has 0 radical (unpaired) electrons. The molecule has 1 N–H and O–H groups in total. The minimum atomic E-state index is 0.880. The molecule has 5 heteroatoms. The summed E-state index contributed by atoms with van der Waals surface area (Å²) < 4.78 is 1.26. The molecule has 2 heterocycles. The van der Waals surface area contributed by atoms with E-state index in [0.717, 1.165) is 33.9 Å². The molecule has 0 saturated carbocycles. The number of fused-ring (bicyclic) bond motifs is 2. The van der Waals surface area contributed by atoms with E-state index in [1.54, 1.807) is 11.3 Å². The van der Waals surface area contributed by atoms with Gasteiger partial charge in [0.05, 0.1) is 27.0 Å². The van der Waals surface area contributed by atoms with Crippen LogP contribution in [0.2, 0.25) is 0 Å². The summed E-state index contributed by atoms with van der Waals surface area (Å²) in [6.07, 6.45) is 0. The van der Waals surface area contributed by atoms with Gasteiger partial charge in [0, 0.05) is 5.75 Å². The van der Waals surface area contributed by atoms with E-state index in [-0.39, 0.29) is 0 Å². The summed E-state index contributed by atoms with van der Waals surface area (Å²) in [5, 5.41) is 1.18. The molecule has 4 rings (SSSR count). The highest BCUT2D eigenvalue weighted by Crippen LogP contribution is 2.26. The molecule has 0 unspecified atom stereocenters. The van der Waals surface area contributed by atoms with Crippen molar-refractivity contribution < 1.29 is 0 Å². The SMILES string of the molecule is c1ccc2[nH]c(CSCc3nc4ccccc4s3)nc2c1. The Morgan fingerprint density at radius 3 is 2.57 bits per heavy atom. The molecular formula is C16H13N3S2. The molecule has 0 atom stereocenters. The van der Waals surface area contributed by atoms with Crippen molar-refractivity contribution in [1.82, 2.24) is 15.0 Å². The summed E-state index contributed by atoms with van der Waals surface area (Å²) in [4.78, 5) is 12.6. The lowest BCUT2D eigenvalue weighted by Gasteiger charge is -1.95. The number of nitrogens with one attached hydrogen (secondary N) is 1. The van der Waals surface area contributed by atoms with E-state index in [4.69, 9.17) is 0 Å². The van der Waals surface area contributed by atoms with Gasteiger partial charge in [-0.25, -0.2) is 9.97 Å². The quantitative estimate of drug-likeness (QED) is 0.598. The number of nitrogens with zero attached hydrogens (tertiary/aromatic N) is 2. The van der Waals surface area contributed by atoms with E-state index in [9.17, 15) is 0 Å². The Hall–Kier alpha value is -1.85. The number of rotatable bonds is 4. The smallest absolute Gasteiger partial charge is 0.117 e. The summed E-state index contributed by atoms with van der Waals surface area (Å²) >= 11 is 3.62. The topological polar surface area (TPSA) is 41.6 Å². The summed E-state index contributed by atoms with van der Waals surface area (Å²) in [6, 6.07) is 16.4. The third-order valence-corrected chi connectivity index (χ3v) is 5.42. The second-order valence-corrected chi connectivity index (χ2v) is 6.87. The van der Waals surface area contributed by atoms with E-state index in [1.165, 1.54) is 9.71 Å². The number of aromatic amines is 1. The lowest BCUT2D eigenvalue weighted by atomic mass is 10.3. The molecule has 3 nitrogen and oxygen atoms in total. The third-order valence-electron chi connectivity index (χ3n) is 3.24. The lowest BCUT2D eigenvalue weighted by molar-refractivity contribution is 1.14. The van der Waals surface area contributed by atoms with Crippen molar-refractivity contribution in [3.8, 4) is 0 Å². The molecule has 0 bridgehead atoms. The van der Waals surface area contributed by atoms with Crippen molar-refractivity contribution in [2.75, 3.05) is 0 Å². The van der Waals surface area contributed by atoms with E-state index in [2.05, 4.69) is 39.2 Å². The Morgan fingerprint density at radius 2 is 1.71 bits per heavy atom. The highest BCUT2D eigenvalue weighted by Gasteiger charge is 2.05. The summed E-state index contributed by atoms with van der Waals surface area (Å²) in [5.74, 6) is 2.84. The van der Waals surface area contributed by atoms with Crippen LogP contribution < -0.4 is 0 Å². The average molecular weight is 311 g/mol. The van der Waals surface area contributed by atoms with Gasteiger partial charge in [-0.05, 0) is 24.3 Å². The second kappa shape index (κ2) is 5.50. The predicted molar refractivity (Wildman–Crippen MR) is 90.7 cm³/mol. The van der Waals surface area contributed by atoms with Gasteiger partial charge < -0.3 is 4.98 Å². The number of aromatic nitrogens is 3. The normalized spacial score (nSPS) is 11.4. The average Bonchev–Trinajstić information content (AvgIpc) is 3.09. The molecular weight excluding hydrogens is 298 g/mol. The fourth-order valence-electron chi connectivity index (χ4n) is 2.29. The first kappa shape index (κ1) is 12.9. The maximum Gasteiger partial charge on any atom is 0.117 e. The minimum Gasteiger partial charge on any atom is -0.341 e. The molecule has 0 aliphatic heterocycles. The highest BCUT2D eigenvalue weighted by atomic mass is 32.2. The molecule has 0 amide bonds. The predicted octanol–water partition coefficient (Wildman–Crippen LogP) is 4.61. The van der Waals surface area contributed by atoms with Crippen molar-refractivity contribution >= 4 is 44.3 Å². The number of benzene rings is 2. The van der Waals surface area contributed by atoms with Gasteiger partial charge in [0.15, 0.2) is 0 Å². The van der Waals surface area contributed by atoms with Crippen molar-refractivity contribution in [3.63, 3.8) is 0 Å². The van der Waals surface area contributed by atoms with Crippen LogP contribution in [-0.2, 0) is 11.5 Å². The van der Waals surface area contributed by atoms with Crippen molar-refractivity contribution in [1.29, 1.82) is 0 Å². The zero-order chi connectivity index (χ0) is 14.1. The Balaban J connectivity index is 1.44. The Morgan fingerprint density at radius 1 is 0.905 bits per heavy atom. The van der Waals surface area contributed by atoms with Crippen LogP contribution in [-0.4, -0.2) is 15.0 Å². The van der Waals surface area contributed by atoms with Crippen LogP contribution in [0.4, 0.5) is 0 Å². The number of hydrogen-bond acceptors (Lipinski definition) is 4. The Kier molecular flexibility index (Phi) is 3.37. The summed E-state index contributed by atoms with van der Waals surface area (Å²) in [7, 11) is 0. The third kappa shape index (κ3) is 2.66. The van der Waals surface area contributed by atoms with Gasteiger partial charge in [-0.1, -0.05) is 24.3 Å². The van der Waals surface area contributed by atoms with Crippen molar-refractivity contribution in [3.05, 3.63) is 59.4 Å². The molecule has 104 valence electrons. The van der Waals surface area contributed by atoms with Crippen LogP contribution in [0.3, 0.4) is 0 Å². The first-order valence-electron chi connectivity index (χ1n) is 6.74.